The van der Waals surface area contributed by atoms with Crippen LogP contribution >= 0.6 is 0 Å². The fourth-order valence-electron chi connectivity index (χ4n) is 2.23. The van der Waals surface area contributed by atoms with Crippen molar-refractivity contribution in [2.24, 2.45) is 5.92 Å². The van der Waals surface area contributed by atoms with Crippen molar-refractivity contribution in [1.82, 2.24) is 5.32 Å². The van der Waals surface area contributed by atoms with E-state index in [1.165, 1.54) is 0 Å². The van der Waals surface area contributed by atoms with Gasteiger partial charge in [0, 0.05) is 6.04 Å². The summed E-state index contributed by atoms with van der Waals surface area (Å²) in [5.74, 6) is -1.06. The molecule has 21 heavy (non-hydrogen) atoms. The van der Waals surface area contributed by atoms with Crippen molar-refractivity contribution < 1.29 is 14.7 Å². The molecule has 0 aromatic heterocycles. The number of carbonyl (C=O) groups is 2. The number of rotatable bonds is 8. The van der Waals surface area contributed by atoms with Gasteiger partial charge in [-0.3, -0.25) is 9.59 Å². The van der Waals surface area contributed by atoms with Gasteiger partial charge in [0.05, 0.1) is 12.3 Å². The Balaban J connectivity index is 2.31. The fourth-order valence-corrected chi connectivity index (χ4v) is 2.23. The largest absolute Gasteiger partial charge is 0.481 e. The van der Waals surface area contributed by atoms with Gasteiger partial charge in [-0.1, -0.05) is 37.6 Å². The van der Waals surface area contributed by atoms with Crippen LogP contribution in [0.2, 0.25) is 0 Å². The number of carbonyl (C=O) groups excluding carboxylic acids is 1. The van der Waals surface area contributed by atoms with E-state index in [4.69, 9.17) is 5.11 Å². The average molecular weight is 291 g/mol. The summed E-state index contributed by atoms with van der Waals surface area (Å²) >= 11 is 0. The summed E-state index contributed by atoms with van der Waals surface area (Å²) in [6.45, 7) is 5.67. The van der Waals surface area contributed by atoms with Crippen LogP contribution in [0.5, 0.6) is 0 Å². The Labute approximate surface area is 126 Å². The van der Waals surface area contributed by atoms with Crippen LogP contribution in [0.25, 0.3) is 0 Å². The molecule has 0 aliphatic rings. The smallest absolute Gasteiger partial charge is 0.306 e. The third kappa shape index (κ3) is 6.43. The minimum Gasteiger partial charge on any atom is -0.481 e. The summed E-state index contributed by atoms with van der Waals surface area (Å²) < 4.78 is 0. The number of hydrogen-bond donors (Lipinski definition) is 2. The number of aliphatic carboxylic acids is 1. The van der Waals surface area contributed by atoms with Gasteiger partial charge in [-0.15, -0.1) is 0 Å². The molecule has 116 valence electrons. The molecule has 0 bridgehead atoms. The van der Waals surface area contributed by atoms with E-state index < -0.39 is 5.97 Å². The van der Waals surface area contributed by atoms with Crippen molar-refractivity contribution in [2.45, 2.75) is 52.5 Å². The Bertz CT molecular complexity index is 485. The zero-order valence-electron chi connectivity index (χ0n) is 13.1. The van der Waals surface area contributed by atoms with Gasteiger partial charge in [0.1, 0.15) is 0 Å². The quantitative estimate of drug-likeness (QED) is 0.774. The predicted molar refractivity (Wildman–Crippen MR) is 83.1 cm³/mol. The van der Waals surface area contributed by atoms with E-state index in [2.05, 4.69) is 5.32 Å². The SMILES string of the molecule is Cc1ccccc1CC(=O)NC(C)CCCC(C)C(=O)O. The molecule has 0 spiro atoms. The van der Waals surface area contributed by atoms with Gasteiger partial charge in [-0.2, -0.15) is 0 Å². The number of hydrogen-bond acceptors (Lipinski definition) is 2. The molecule has 4 heteroatoms. The highest BCUT2D eigenvalue weighted by Crippen LogP contribution is 2.11. The second-order valence-corrected chi connectivity index (χ2v) is 5.74. The van der Waals surface area contributed by atoms with Gasteiger partial charge < -0.3 is 10.4 Å². The molecule has 0 heterocycles. The predicted octanol–water partition coefficient (Wildman–Crippen LogP) is 2.93. The van der Waals surface area contributed by atoms with Crippen LogP contribution in [0.1, 0.15) is 44.2 Å². The monoisotopic (exact) mass is 291 g/mol. The number of aryl methyl sites for hydroxylation is 1. The summed E-state index contributed by atoms with van der Waals surface area (Å²) in [7, 11) is 0. The van der Waals surface area contributed by atoms with E-state index in [1.807, 2.05) is 38.1 Å². The lowest BCUT2D eigenvalue weighted by Gasteiger charge is -2.15. The zero-order chi connectivity index (χ0) is 15.8. The first-order valence-corrected chi connectivity index (χ1v) is 7.46. The maximum atomic E-state index is 12.0. The lowest BCUT2D eigenvalue weighted by atomic mass is 10.0. The van der Waals surface area contributed by atoms with Crippen molar-refractivity contribution in [3.8, 4) is 0 Å². The van der Waals surface area contributed by atoms with Crippen LogP contribution in [-0.4, -0.2) is 23.0 Å². The van der Waals surface area contributed by atoms with E-state index in [0.717, 1.165) is 24.0 Å². The molecule has 2 unspecified atom stereocenters. The van der Waals surface area contributed by atoms with Crippen LogP contribution in [0.4, 0.5) is 0 Å². The minimum absolute atomic E-state index is 0.0167. The first-order valence-electron chi connectivity index (χ1n) is 7.46. The Morgan fingerprint density at radius 2 is 1.86 bits per heavy atom. The van der Waals surface area contributed by atoms with Crippen molar-refractivity contribution in [2.75, 3.05) is 0 Å². The van der Waals surface area contributed by atoms with Gasteiger partial charge in [0.25, 0.3) is 0 Å². The number of benzene rings is 1. The molecular formula is C17H25NO3. The molecule has 4 nitrogen and oxygen atoms in total. The highest BCUT2D eigenvalue weighted by atomic mass is 16.4. The molecule has 0 aliphatic heterocycles. The normalized spacial score (nSPS) is 13.5. The first-order chi connectivity index (χ1) is 9.90. The summed E-state index contributed by atoms with van der Waals surface area (Å²) in [5, 5.41) is 11.8. The number of carboxylic acid groups (broad SMARTS) is 1. The van der Waals surface area contributed by atoms with Crippen molar-refractivity contribution in [1.29, 1.82) is 0 Å². The highest BCUT2D eigenvalue weighted by Gasteiger charge is 2.13. The molecule has 1 aromatic rings. The van der Waals surface area contributed by atoms with Gasteiger partial charge >= 0.3 is 5.97 Å². The van der Waals surface area contributed by atoms with Crippen molar-refractivity contribution in [3.63, 3.8) is 0 Å². The second-order valence-electron chi connectivity index (χ2n) is 5.74. The van der Waals surface area contributed by atoms with E-state index >= 15 is 0 Å². The van der Waals surface area contributed by atoms with Crippen molar-refractivity contribution in [3.05, 3.63) is 35.4 Å². The standard InChI is InChI=1S/C17H25NO3/c1-12-7-4-5-10-15(12)11-16(19)18-14(3)9-6-8-13(2)17(20)21/h4-5,7,10,13-14H,6,8-9,11H2,1-3H3,(H,18,19)(H,20,21). The maximum Gasteiger partial charge on any atom is 0.306 e. The van der Waals surface area contributed by atoms with E-state index in [-0.39, 0.29) is 17.9 Å². The van der Waals surface area contributed by atoms with Crippen LogP contribution in [0, 0.1) is 12.8 Å². The maximum absolute atomic E-state index is 12.0. The molecule has 0 fully saturated rings. The number of carboxylic acids is 1. The molecule has 1 aromatic carbocycles. The summed E-state index contributed by atoms with van der Waals surface area (Å²) in [4.78, 5) is 22.7. The lowest BCUT2D eigenvalue weighted by molar-refractivity contribution is -0.141. The van der Waals surface area contributed by atoms with E-state index in [1.54, 1.807) is 6.92 Å². The Morgan fingerprint density at radius 3 is 2.48 bits per heavy atom. The fraction of sp³-hybridized carbons (Fsp3) is 0.529. The molecule has 2 N–H and O–H groups in total. The van der Waals surface area contributed by atoms with Crippen LogP contribution in [0.3, 0.4) is 0 Å². The number of amides is 1. The summed E-state index contributed by atoms with van der Waals surface area (Å²) in [5.41, 5.74) is 2.16. The van der Waals surface area contributed by atoms with Crippen LogP contribution < -0.4 is 5.32 Å². The van der Waals surface area contributed by atoms with Gasteiger partial charge in [-0.25, -0.2) is 0 Å². The third-order valence-electron chi connectivity index (χ3n) is 3.72. The Kier molecular flexibility index (Phi) is 6.92. The molecule has 2 atom stereocenters. The molecule has 0 radical (unpaired) electrons. The first kappa shape index (κ1) is 17.2. The molecule has 0 saturated heterocycles. The zero-order valence-corrected chi connectivity index (χ0v) is 13.1. The van der Waals surface area contributed by atoms with Crippen LogP contribution in [-0.2, 0) is 16.0 Å². The van der Waals surface area contributed by atoms with Crippen LogP contribution in [0.15, 0.2) is 24.3 Å². The Morgan fingerprint density at radius 1 is 1.19 bits per heavy atom. The average Bonchev–Trinajstić information content (AvgIpc) is 2.41. The topological polar surface area (TPSA) is 66.4 Å². The molecule has 1 amide bonds. The summed E-state index contributed by atoms with van der Waals surface area (Å²) in [6.07, 6.45) is 2.65. The number of nitrogens with one attached hydrogen (secondary N) is 1. The Hall–Kier alpha value is -1.84. The second kappa shape index (κ2) is 8.45. The lowest BCUT2D eigenvalue weighted by Crippen LogP contribution is -2.33. The van der Waals surface area contributed by atoms with Gasteiger partial charge in [-0.05, 0) is 37.8 Å². The molecule has 1 rings (SSSR count). The minimum atomic E-state index is -0.758. The summed E-state index contributed by atoms with van der Waals surface area (Å²) in [6, 6.07) is 7.94. The third-order valence-corrected chi connectivity index (χ3v) is 3.72. The highest BCUT2D eigenvalue weighted by molar-refractivity contribution is 5.79. The van der Waals surface area contributed by atoms with Gasteiger partial charge in [0.2, 0.25) is 5.91 Å². The molecule has 0 saturated carbocycles. The molecular weight excluding hydrogens is 266 g/mol. The van der Waals surface area contributed by atoms with E-state index in [9.17, 15) is 9.59 Å². The molecule has 0 aliphatic carbocycles. The van der Waals surface area contributed by atoms with Crippen molar-refractivity contribution >= 4 is 11.9 Å². The van der Waals surface area contributed by atoms with Gasteiger partial charge in [0.15, 0.2) is 0 Å². The van der Waals surface area contributed by atoms with E-state index in [0.29, 0.717) is 12.8 Å².